The number of alkyl halides is 3. The molecule has 2 amide bonds. The van der Waals surface area contributed by atoms with Crippen molar-refractivity contribution in [3.05, 3.63) is 28.2 Å². The zero-order valence-corrected chi connectivity index (χ0v) is 12.9. The van der Waals surface area contributed by atoms with Crippen molar-refractivity contribution in [3.8, 4) is 0 Å². The van der Waals surface area contributed by atoms with E-state index in [0.717, 1.165) is 0 Å². The minimum Gasteiger partial charge on any atom is -0.372 e. The van der Waals surface area contributed by atoms with E-state index in [0.29, 0.717) is 12.3 Å². The number of nitrogens with zero attached hydrogens (tertiary/aromatic N) is 1. The summed E-state index contributed by atoms with van der Waals surface area (Å²) in [6, 6.07) is 0.481. The van der Waals surface area contributed by atoms with Gasteiger partial charge in [0.1, 0.15) is 5.69 Å². The minimum atomic E-state index is -4.69. The summed E-state index contributed by atoms with van der Waals surface area (Å²) >= 11 is 0. The number of anilines is 1. The Morgan fingerprint density at radius 2 is 1.88 bits per heavy atom. The number of H-pyrrole nitrogens is 1. The molecule has 1 aliphatic rings. The van der Waals surface area contributed by atoms with Crippen LogP contribution in [0.1, 0.15) is 19.4 Å². The Balaban J connectivity index is 2.14. The van der Waals surface area contributed by atoms with Gasteiger partial charge in [-0.05, 0) is 19.9 Å². The third kappa shape index (κ3) is 4.13. The van der Waals surface area contributed by atoms with Crippen molar-refractivity contribution in [1.29, 1.82) is 0 Å². The van der Waals surface area contributed by atoms with Crippen molar-refractivity contribution in [1.82, 2.24) is 9.88 Å². The van der Waals surface area contributed by atoms with Gasteiger partial charge in [0, 0.05) is 19.3 Å². The quantitative estimate of drug-likeness (QED) is 0.741. The summed E-state index contributed by atoms with van der Waals surface area (Å²) in [5, 5.41) is 1.93. The molecule has 0 aliphatic carbocycles. The first-order chi connectivity index (χ1) is 11.1. The van der Waals surface area contributed by atoms with Crippen molar-refractivity contribution in [2.45, 2.75) is 32.2 Å². The molecular weight excluding hydrogens is 331 g/mol. The fourth-order valence-corrected chi connectivity index (χ4v) is 2.40. The van der Waals surface area contributed by atoms with Crippen molar-refractivity contribution in [2.24, 2.45) is 0 Å². The Hall–Kier alpha value is -2.36. The van der Waals surface area contributed by atoms with Crippen LogP contribution in [0.25, 0.3) is 0 Å². The van der Waals surface area contributed by atoms with Crippen LogP contribution in [0, 0.1) is 0 Å². The van der Waals surface area contributed by atoms with Gasteiger partial charge in [-0.1, -0.05) is 0 Å². The fraction of sp³-hybridized carbons (Fsp3) is 0.500. The lowest BCUT2D eigenvalue weighted by atomic mass is 10.2. The van der Waals surface area contributed by atoms with Gasteiger partial charge < -0.3 is 19.9 Å². The number of aromatic nitrogens is 1. The zero-order valence-electron chi connectivity index (χ0n) is 12.9. The minimum absolute atomic E-state index is 0.176. The molecule has 10 heteroatoms. The maximum absolute atomic E-state index is 12.6. The van der Waals surface area contributed by atoms with Crippen molar-refractivity contribution >= 4 is 17.5 Å². The van der Waals surface area contributed by atoms with E-state index in [4.69, 9.17) is 4.74 Å². The molecule has 0 radical (unpaired) electrons. The largest absolute Gasteiger partial charge is 0.417 e. The molecule has 132 valence electrons. The topological polar surface area (TPSA) is 91.5 Å². The van der Waals surface area contributed by atoms with Gasteiger partial charge in [0.15, 0.2) is 0 Å². The summed E-state index contributed by atoms with van der Waals surface area (Å²) in [4.78, 5) is 38.7. The standard InChI is InChI=1S/C14H16F3N3O4/c1-7-5-20(6-8(2)24-7)13(23)12(22)19-10-3-9(14(15,16)17)4-18-11(10)21/h3-4,7-8H,5-6H2,1-2H3,(H,18,21)(H,19,22)/t7-,8-/m1/s1. The molecule has 24 heavy (non-hydrogen) atoms. The first-order valence-electron chi connectivity index (χ1n) is 7.13. The van der Waals surface area contributed by atoms with E-state index in [2.05, 4.69) is 0 Å². The van der Waals surface area contributed by atoms with E-state index < -0.39 is 34.8 Å². The Morgan fingerprint density at radius 1 is 1.29 bits per heavy atom. The van der Waals surface area contributed by atoms with Crippen molar-refractivity contribution < 1.29 is 27.5 Å². The Labute approximate surface area is 134 Å². The summed E-state index contributed by atoms with van der Waals surface area (Å²) in [6.07, 6.45) is -4.75. The molecule has 1 aromatic rings. The second kappa shape index (κ2) is 6.63. The lowest BCUT2D eigenvalue weighted by Crippen LogP contribution is -2.51. The lowest BCUT2D eigenvalue weighted by molar-refractivity contribution is -0.151. The number of rotatable bonds is 1. The number of hydrogen-bond donors (Lipinski definition) is 2. The highest BCUT2D eigenvalue weighted by molar-refractivity contribution is 6.39. The van der Waals surface area contributed by atoms with E-state index in [1.54, 1.807) is 13.8 Å². The molecule has 2 N–H and O–H groups in total. The number of amides is 2. The van der Waals surface area contributed by atoms with Crippen LogP contribution in [0.5, 0.6) is 0 Å². The third-order valence-electron chi connectivity index (χ3n) is 3.38. The number of carbonyl (C=O) groups excluding carboxylic acids is 2. The monoisotopic (exact) mass is 347 g/mol. The summed E-state index contributed by atoms with van der Waals surface area (Å²) in [5.74, 6) is -2.12. The normalized spacial score (nSPS) is 21.5. The van der Waals surface area contributed by atoms with Crippen LogP contribution in [-0.2, 0) is 20.5 Å². The molecule has 1 aromatic heterocycles. The van der Waals surface area contributed by atoms with Crippen LogP contribution in [0.4, 0.5) is 18.9 Å². The molecule has 0 unspecified atom stereocenters. The van der Waals surface area contributed by atoms with Crippen molar-refractivity contribution in [2.75, 3.05) is 18.4 Å². The molecule has 2 rings (SSSR count). The van der Waals surface area contributed by atoms with Gasteiger partial charge in [-0.25, -0.2) is 0 Å². The molecule has 0 aromatic carbocycles. The van der Waals surface area contributed by atoms with Crippen LogP contribution in [-0.4, -0.2) is 47.0 Å². The number of ether oxygens (including phenoxy) is 1. The summed E-state index contributed by atoms with van der Waals surface area (Å²) in [7, 11) is 0. The summed E-state index contributed by atoms with van der Waals surface area (Å²) < 4.78 is 43.4. The number of halogens is 3. The number of aromatic amines is 1. The van der Waals surface area contributed by atoms with E-state index in [-0.39, 0.29) is 25.3 Å². The van der Waals surface area contributed by atoms with Crippen LogP contribution in [0.3, 0.4) is 0 Å². The molecule has 1 aliphatic heterocycles. The van der Waals surface area contributed by atoms with Crippen LogP contribution in [0.2, 0.25) is 0 Å². The first-order valence-corrected chi connectivity index (χ1v) is 7.13. The molecule has 1 fully saturated rings. The highest BCUT2D eigenvalue weighted by atomic mass is 19.4. The Morgan fingerprint density at radius 3 is 2.42 bits per heavy atom. The van der Waals surface area contributed by atoms with E-state index in [9.17, 15) is 27.6 Å². The molecule has 0 saturated carbocycles. The third-order valence-corrected chi connectivity index (χ3v) is 3.38. The maximum atomic E-state index is 12.6. The zero-order chi connectivity index (χ0) is 18.1. The fourth-order valence-electron chi connectivity index (χ4n) is 2.40. The highest BCUT2D eigenvalue weighted by Crippen LogP contribution is 2.29. The number of morpholine rings is 1. The molecule has 1 saturated heterocycles. The SMILES string of the molecule is C[C@@H]1CN(C(=O)C(=O)Nc2cc(C(F)(F)F)c[nH]c2=O)C[C@@H](C)O1. The van der Waals surface area contributed by atoms with Crippen LogP contribution in [0.15, 0.2) is 17.1 Å². The average Bonchev–Trinajstić information content (AvgIpc) is 2.46. The number of nitrogens with one attached hydrogen (secondary N) is 2. The molecule has 0 bridgehead atoms. The van der Waals surface area contributed by atoms with Gasteiger partial charge in [-0.15, -0.1) is 0 Å². The molecule has 0 spiro atoms. The maximum Gasteiger partial charge on any atom is 0.417 e. The lowest BCUT2D eigenvalue weighted by Gasteiger charge is -2.34. The van der Waals surface area contributed by atoms with Gasteiger partial charge in [0.2, 0.25) is 0 Å². The number of hydrogen-bond acceptors (Lipinski definition) is 4. The number of pyridine rings is 1. The van der Waals surface area contributed by atoms with Crippen molar-refractivity contribution in [3.63, 3.8) is 0 Å². The first kappa shape index (κ1) is 18.0. The Bertz CT molecular complexity index is 691. The molecule has 2 atom stereocenters. The predicted octanol–water partition coefficient (Wildman–Crippen LogP) is 0.968. The predicted molar refractivity (Wildman–Crippen MR) is 77.3 cm³/mol. The Kier molecular flexibility index (Phi) is 4.97. The summed E-state index contributed by atoms with van der Waals surface area (Å²) in [5.41, 5.74) is -2.72. The molecule has 2 heterocycles. The van der Waals surface area contributed by atoms with Gasteiger partial charge in [0.25, 0.3) is 5.56 Å². The van der Waals surface area contributed by atoms with E-state index in [1.165, 1.54) is 4.90 Å². The molecule has 7 nitrogen and oxygen atoms in total. The van der Waals surface area contributed by atoms with E-state index >= 15 is 0 Å². The van der Waals surface area contributed by atoms with Gasteiger partial charge in [0.05, 0.1) is 17.8 Å². The average molecular weight is 347 g/mol. The van der Waals surface area contributed by atoms with E-state index in [1.807, 2.05) is 10.3 Å². The van der Waals surface area contributed by atoms with Gasteiger partial charge in [-0.3, -0.25) is 14.4 Å². The highest BCUT2D eigenvalue weighted by Gasteiger charge is 2.33. The second-order valence-corrected chi connectivity index (χ2v) is 5.55. The molecular formula is C14H16F3N3O4. The second-order valence-electron chi connectivity index (χ2n) is 5.55. The van der Waals surface area contributed by atoms with Crippen LogP contribution >= 0.6 is 0 Å². The number of carbonyl (C=O) groups is 2. The van der Waals surface area contributed by atoms with Crippen LogP contribution < -0.4 is 10.9 Å². The summed E-state index contributed by atoms with van der Waals surface area (Å²) in [6.45, 7) is 3.81. The smallest absolute Gasteiger partial charge is 0.372 e. The van der Waals surface area contributed by atoms with Gasteiger partial charge >= 0.3 is 18.0 Å². The van der Waals surface area contributed by atoms with Gasteiger partial charge in [-0.2, -0.15) is 13.2 Å².